The third kappa shape index (κ3) is 4.25. The highest BCUT2D eigenvalue weighted by molar-refractivity contribution is 6.93. The quantitative estimate of drug-likeness (QED) is 0.295. The molecule has 0 bridgehead atoms. The summed E-state index contributed by atoms with van der Waals surface area (Å²) in [6, 6.07) is 1.03. The van der Waals surface area contributed by atoms with E-state index in [4.69, 9.17) is 11.1 Å². The zero-order valence-electron chi connectivity index (χ0n) is 3.74. The Kier molecular flexibility index (Phi) is 5.46. The van der Waals surface area contributed by atoms with E-state index in [-0.39, 0.29) is 0 Å². The number of halogens is 1. The molecule has 0 saturated carbocycles. The normalized spacial score (nSPS) is 10.3. The van der Waals surface area contributed by atoms with Crippen LogP contribution in [0.25, 0.3) is 0 Å². The molecule has 34 valence electrons. The Morgan fingerprint density at radius 3 is 2.67 bits per heavy atom. The first-order valence-corrected chi connectivity index (χ1v) is 4.08. The predicted molar refractivity (Wildman–Crippen MR) is 31.2 cm³/mol. The third-order valence-corrected chi connectivity index (χ3v) is 1.28. The molecule has 0 atom stereocenters. The van der Waals surface area contributed by atoms with E-state index < -0.39 is 0 Å². The topological polar surface area (TPSA) is 0 Å². The van der Waals surface area contributed by atoms with Crippen LogP contribution in [0.1, 0.15) is 6.92 Å². The Labute approximate surface area is 45.7 Å². The molecule has 0 nitrogen and oxygen atoms in total. The van der Waals surface area contributed by atoms with Gasteiger partial charge in [-0.1, -0.05) is 12.2 Å². The Bertz CT molecular complexity index is 42.8. The van der Waals surface area contributed by atoms with Crippen LogP contribution in [-0.4, -0.2) is 8.83 Å². The lowest BCUT2D eigenvalue weighted by molar-refractivity contribution is 1.62. The summed E-state index contributed by atoms with van der Waals surface area (Å²) in [6.45, 7) is 2.00. The molecule has 0 fully saturated rings. The minimum absolute atomic E-state index is 0.550. The fourth-order valence-electron chi connectivity index (χ4n) is 0.162. The molecule has 0 saturated heterocycles. The average Bonchev–Trinajstić information content (AvgIpc) is 1.61. The Morgan fingerprint density at radius 2 is 2.50 bits per heavy atom. The fraction of sp³-hybridized carbons (Fsp3) is 0.500. The molecule has 0 aliphatic carbocycles. The molecule has 0 aliphatic heterocycles. The van der Waals surface area contributed by atoms with Gasteiger partial charge in [0.05, 0.1) is 0 Å². The summed E-state index contributed by atoms with van der Waals surface area (Å²) in [5.74, 6) is 0. The number of hydrogen-bond acceptors (Lipinski definition) is 0. The monoisotopic (exact) mass is 118 g/mol. The Morgan fingerprint density at radius 1 is 1.83 bits per heavy atom. The van der Waals surface area contributed by atoms with E-state index in [1.807, 2.05) is 13.0 Å². The molecule has 0 heterocycles. The second-order valence-electron chi connectivity index (χ2n) is 0.907. The second kappa shape index (κ2) is 5.25. The second-order valence-corrected chi connectivity index (χ2v) is 2.38. The summed E-state index contributed by atoms with van der Waals surface area (Å²) in [5.41, 5.74) is 0. The van der Waals surface area contributed by atoms with Crippen LogP contribution in [0.15, 0.2) is 12.2 Å². The maximum absolute atomic E-state index is 5.36. The van der Waals surface area contributed by atoms with Gasteiger partial charge in [0.15, 0.2) is 8.83 Å². The molecule has 0 N–H and O–H groups in total. The van der Waals surface area contributed by atoms with Gasteiger partial charge < -0.3 is 0 Å². The van der Waals surface area contributed by atoms with Gasteiger partial charge in [0.2, 0.25) is 0 Å². The lowest BCUT2D eigenvalue weighted by atomic mass is 10.6. The van der Waals surface area contributed by atoms with Gasteiger partial charge in [0.25, 0.3) is 0 Å². The van der Waals surface area contributed by atoms with Crippen LogP contribution >= 0.6 is 11.1 Å². The fourth-order valence-corrected chi connectivity index (χ4v) is 0.754. The first kappa shape index (κ1) is 6.25. The standard InChI is InChI=1S/C4H7ClSi/c1-2-3-4-6-5/h2-3H,4H2,1H3. The van der Waals surface area contributed by atoms with Crippen molar-refractivity contribution in [3.05, 3.63) is 12.2 Å². The lowest BCUT2D eigenvalue weighted by Crippen LogP contribution is -1.66. The van der Waals surface area contributed by atoms with E-state index >= 15 is 0 Å². The molecule has 0 spiro atoms. The van der Waals surface area contributed by atoms with Crippen molar-refractivity contribution in [2.24, 2.45) is 0 Å². The number of hydrogen-bond donors (Lipinski definition) is 0. The van der Waals surface area contributed by atoms with E-state index in [2.05, 4.69) is 6.08 Å². The van der Waals surface area contributed by atoms with Crippen LogP contribution in [0.4, 0.5) is 0 Å². The van der Waals surface area contributed by atoms with E-state index in [1.54, 1.807) is 0 Å². The van der Waals surface area contributed by atoms with Crippen LogP contribution < -0.4 is 0 Å². The predicted octanol–water partition coefficient (Wildman–Crippen LogP) is 1.84. The van der Waals surface area contributed by atoms with E-state index in [0.29, 0.717) is 8.83 Å². The van der Waals surface area contributed by atoms with Gasteiger partial charge in [0, 0.05) is 0 Å². The number of rotatable bonds is 2. The molecule has 2 radical (unpaired) electrons. The molecular weight excluding hydrogens is 112 g/mol. The van der Waals surface area contributed by atoms with Crippen LogP contribution in [0, 0.1) is 0 Å². The van der Waals surface area contributed by atoms with E-state index in [1.165, 1.54) is 0 Å². The van der Waals surface area contributed by atoms with Gasteiger partial charge >= 0.3 is 0 Å². The maximum Gasteiger partial charge on any atom is 0.175 e. The van der Waals surface area contributed by atoms with Crippen LogP contribution in [0.5, 0.6) is 0 Å². The maximum atomic E-state index is 5.36. The van der Waals surface area contributed by atoms with Crippen molar-refractivity contribution in [1.29, 1.82) is 0 Å². The molecule has 6 heavy (non-hydrogen) atoms. The third-order valence-electron chi connectivity index (χ3n) is 0.431. The molecule has 0 unspecified atom stereocenters. The van der Waals surface area contributed by atoms with Gasteiger partial charge in [-0.25, -0.2) is 0 Å². The van der Waals surface area contributed by atoms with E-state index in [9.17, 15) is 0 Å². The van der Waals surface area contributed by atoms with Crippen molar-refractivity contribution in [3.8, 4) is 0 Å². The van der Waals surface area contributed by atoms with Crippen LogP contribution in [-0.2, 0) is 0 Å². The van der Waals surface area contributed by atoms with Gasteiger partial charge in [-0.2, -0.15) is 11.1 Å². The minimum Gasteiger partial charge on any atom is -0.171 e. The largest absolute Gasteiger partial charge is 0.175 e. The zero-order valence-corrected chi connectivity index (χ0v) is 5.50. The summed E-state index contributed by atoms with van der Waals surface area (Å²) in [4.78, 5) is 0. The smallest absolute Gasteiger partial charge is 0.171 e. The number of allylic oxidation sites excluding steroid dienone is 2. The molecule has 0 amide bonds. The SMILES string of the molecule is CC=CC[Si]Cl. The first-order valence-electron chi connectivity index (χ1n) is 1.86. The highest BCUT2D eigenvalue weighted by atomic mass is 35.6. The average molecular weight is 119 g/mol. The van der Waals surface area contributed by atoms with Crippen molar-refractivity contribution in [1.82, 2.24) is 0 Å². The molecular formula is C4H7ClSi. The highest BCUT2D eigenvalue weighted by Gasteiger charge is 1.70. The van der Waals surface area contributed by atoms with E-state index in [0.717, 1.165) is 6.04 Å². The van der Waals surface area contributed by atoms with Crippen molar-refractivity contribution in [3.63, 3.8) is 0 Å². The molecule has 0 aromatic heterocycles. The highest BCUT2D eigenvalue weighted by Crippen LogP contribution is 1.82. The molecule has 0 aromatic carbocycles. The molecule has 0 aromatic rings. The first-order chi connectivity index (χ1) is 2.91. The van der Waals surface area contributed by atoms with Gasteiger partial charge in [0.1, 0.15) is 0 Å². The van der Waals surface area contributed by atoms with Crippen LogP contribution in [0.3, 0.4) is 0 Å². The lowest BCUT2D eigenvalue weighted by Gasteiger charge is -1.71. The summed E-state index contributed by atoms with van der Waals surface area (Å²) in [7, 11) is 0.550. The van der Waals surface area contributed by atoms with Gasteiger partial charge in [-0.05, 0) is 13.0 Å². The minimum atomic E-state index is 0.550. The summed E-state index contributed by atoms with van der Waals surface area (Å²) in [6.07, 6.45) is 4.07. The van der Waals surface area contributed by atoms with Crippen molar-refractivity contribution < 1.29 is 0 Å². The van der Waals surface area contributed by atoms with Gasteiger partial charge in [-0.15, -0.1) is 0 Å². The Hall–Kier alpha value is 0.247. The molecule has 2 heteroatoms. The van der Waals surface area contributed by atoms with Crippen molar-refractivity contribution in [2.75, 3.05) is 0 Å². The summed E-state index contributed by atoms with van der Waals surface area (Å²) in [5, 5.41) is 0. The van der Waals surface area contributed by atoms with Crippen LogP contribution in [0.2, 0.25) is 6.04 Å². The van der Waals surface area contributed by atoms with Crippen molar-refractivity contribution in [2.45, 2.75) is 13.0 Å². The molecule has 0 aliphatic rings. The zero-order chi connectivity index (χ0) is 4.83. The Balaban J connectivity index is 2.66. The summed E-state index contributed by atoms with van der Waals surface area (Å²) < 4.78 is 0. The molecule has 0 rings (SSSR count). The van der Waals surface area contributed by atoms with Crippen molar-refractivity contribution >= 4 is 19.9 Å². The van der Waals surface area contributed by atoms with Gasteiger partial charge in [-0.3, -0.25) is 0 Å². The summed E-state index contributed by atoms with van der Waals surface area (Å²) >= 11 is 5.36.